The summed E-state index contributed by atoms with van der Waals surface area (Å²) in [5.41, 5.74) is 6.55. The monoisotopic (exact) mass is 300 g/mol. The summed E-state index contributed by atoms with van der Waals surface area (Å²) in [6.07, 6.45) is 3.45. The molecular formula is C10H9BrN2S2. The highest BCUT2D eigenvalue weighted by atomic mass is 79.9. The molecule has 2 aromatic rings. The predicted molar refractivity (Wildman–Crippen MR) is 70.2 cm³/mol. The Labute approximate surface area is 105 Å². The van der Waals surface area contributed by atoms with Gasteiger partial charge in [0.2, 0.25) is 0 Å². The molecule has 0 amide bonds. The number of nitrogens with zero attached hydrogens (tertiary/aromatic N) is 1. The van der Waals surface area contributed by atoms with Crippen molar-refractivity contribution in [3.8, 4) is 0 Å². The van der Waals surface area contributed by atoms with E-state index in [0.29, 0.717) is 0 Å². The number of hydrogen-bond donors (Lipinski definition) is 1. The fourth-order valence-electron chi connectivity index (χ4n) is 1.10. The van der Waals surface area contributed by atoms with Gasteiger partial charge in [0, 0.05) is 26.2 Å². The first-order chi connectivity index (χ1) is 7.27. The van der Waals surface area contributed by atoms with Crippen molar-refractivity contribution >= 4 is 44.7 Å². The van der Waals surface area contributed by atoms with Gasteiger partial charge in [-0.2, -0.15) is 0 Å². The van der Waals surface area contributed by atoms with Gasteiger partial charge in [-0.25, -0.2) is 0 Å². The van der Waals surface area contributed by atoms with Crippen LogP contribution in [0.25, 0.3) is 0 Å². The number of aromatic nitrogens is 1. The second-order valence-electron chi connectivity index (χ2n) is 2.89. The third kappa shape index (κ3) is 2.74. The minimum atomic E-state index is 0.746. The summed E-state index contributed by atoms with van der Waals surface area (Å²) in [4.78, 5) is 6.38. The zero-order valence-corrected chi connectivity index (χ0v) is 11.0. The fraction of sp³-hybridized carbons (Fsp3) is 0.100. The summed E-state index contributed by atoms with van der Waals surface area (Å²) in [6.45, 7) is 0. The quantitative estimate of drug-likeness (QED) is 0.877. The summed E-state index contributed by atoms with van der Waals surface area (Å²) >= 11 is 7.00. The lowest BCUT2D eigenvalue weighted by Crippen LogP contribution is -1.89. The van der Waals surface area contributed by atoms with Crippen LogP contribution in [0.3, 0.4) is 0 Å². The molecule has 2 heterocycles. The van der Waals surface area contributed by atoms with Crippen molar-refractivity contribution in [2.45, 2.75) is 10.6 Å². The average molecular weight is 301 g/mol. The molecule has 0 aliphatic rings. The number of nitrogens with two attached hydrogens (primary N) is 1. The lowest BCUT2D eigenvalue weighted by atomic mass is 10.4. The Bertz CT molecular complexity index is 456. The van der Waals surface area contributed by atoms with Crippen LogP contribution in [0.15, 0.2) is 39.3 Å². The molecule has 0 unspecified atom stereocenters. The molecule has 5 heteroatoms. The van der Waals surface area contributed by atoms with Gasteiger partial charge in [-0.3, -0.25) is 4.98 Å². The van der Waals surface area contributed by atoms with Crippen LogP contribution in [0.1, 0.15) is 4.88 Å². The lowest BCUT2D eigenvalue weighted by Gasteiger charge is -2.03. The molecular weight excluding hydrogens is 292 g/mol. The summed E-state index contributed by atoms with van der Waals surface area (Å²) < 4.78 is 1.17. The van der Waals surface area contributed by atoms with E-state index >= 15 is 0 Å². The van der Waals surface area contributed by atoms with Crippen LogP contribution in [0, 0.1) is 0 Å². The minimum absolute atomic E-state index is 0.746. The van der Waals surface area contributed by atoms with Gasteiger partial charge in [0.05, 0.1) is 11.9 Å². The number of thiophene rings is 1. The molecule has 0 atom stereocenters. The Kier molecular flexibility index (Phi) is 3.66. The van der Waals surface area contributed by atoms with Gasteiger partial charge in [0.1, 0.15) is 0 Å². The van der Waals surface area contributed by atoms with Gasteiger partial charge in [0.25, 0.3) is 0 Å². The fourth-order valence-corrected chi connectivity index (χ4v) is 3.83. The molecule has 0 spiro atoms. The van der Waals surface area contributed by atoms with E-state index in [9.17, 15) is 0 Å². The van der Waals surface area contributed by atoms with Gasteiger partial charge in [0.15, 0.2) is 0 Å². The van der Waals surface area contributed by atoms with Crippen molar-refractivity contribution in [1.29, 1.82) is 0 Å². The molecule has 2 rings (SSSR count). The van der Waals surface area contributed by atoms with E-state index < -0.39 is 0 Å². The summed E-state index contributed by atoms with van der Waals surface area (Å²) in [5.74, 6) is 0.937. The standard InChI is InChI=1S/C10H9BrN2S2/c11-7-2-4-14-10(7)6-15-9-1-3-13-5-8(9)12/h1-5H,6,12H2. The van der Waals surface area contributed by atoms with Crippen LogP contribution >= 0.6 is 39.0 Å². The molecule has 0 fully saturated rings. The molecule has 0 saturated carbocycles. The molecule has 0 bridgehead atoms. The second kappa shape index (κ2) is 5.01. The van der Waals surface area contributed by atoms with E-state index in [4.69, 9.17) is 5.73 Å². The summed E-state index contributed by atoms with van der Waals surface area (Å²) in [6, 6.07) is 4.01. The molecule has 2 aromatic heterocycles. The molecule has 0 aliphatic carbocycles. The molecule has 0 radical (unpaired) electrons. The zero-order chi connectivity index (χ0) is 10.7. The highest BCUT2D eigenvalue weighted by molar-refractivity contribution is 9.10. The average Bonchev–Trinajstić information content (AvgIpc) is 2.63. The number of hydrogen-bond acceptors (Lipinski definition) is 4. The molecule has 78 valence electrons. The number of rotatable bonds is 3. The Hall–Kier alpha value is -0.520. The van der Waals surface area contributed by atoms with Crippen molar-refractivity contribution in [2.75, 3.05) is 5.73 Å². The largest absolute Gasteiger partial charge is 0.397 e. The highest BCUT2D eigenvalue weighted by Crippen LogP contribution is 2.32. The molecule has 15 heavy (non-hydrogen) atoms. The highest BCUT2D eigenvalue weighted by Gasteiger charge is 2.04. The van der Waals surface area contributed by atoms with E-state index in [-0.39, 0.29) is 0 Å². The van der Waals surface area contributed by atoms with Crippen molar-refractivity contribution in [3.63, 3.8) is 0 Å². The Morgan fingerprint density at radius 3 is 3.00 bits per heavy atom. The molecule has 2 N–H and O–H groups in total. The summed E-state index contributed by atoms with van der Waals surface area (Å²) in [5, 5.41) is 2.08. The number of anilines is 1. The van der Waals surface area contributed by atoms with E-state index in [1.165, 1.54) is 9.35 Å². The normalized spacial score (nSPS) is 10.5. The molecule has 2 nitrogen and oxygen atoms in total. The van der Waals surface area contributed by atoms with Crippen LogP contribution < -0.4 is 5.73 Å². The smallest absolute Gasteiger partial charge is 0.0638 e. The first-order valence-corrected chi connectivity index (χ1v) is 6.97. The first kappa shape index (κ1) is 11.0. The van der Waals surface area contributed by atoms with Gasteiger partial charge >= 0.3 is 0 Å². The number of nitrogen functional groups attached to an aromatic ring is 1. The number of pyridine rings is 1. The van der Waals surface area contributed by atoms with Gasteiger partial charge in [-0.1, -0.05) is 0 Å². The van der Waals surface area contributed by atoms with Gasteiger partial charge in [-0.05, 0) is 33.4 Å². The number of thioether (sulfide) groups is 1. The van der Waals surface area contributed by atoms with Gasteiger partial charge < -0.3 is 5.73 Å². The molecule has 0 aliphatic heterocycles. The maximum absolute atomic E-state index is 5.81. The van der Waals surface area contributed by atoms with Crippen molar-refractivity contribution in [1.82, 2.24) is 4.98 Å². The summed E-state index contributed by atoms with van der Waals surface area (Å²) in [7, 11) is 0. The van der Waals surface area contributed by atoms with E-state index in [1.54, 1.807) is 35.5 Å². The van der Waals surface area contributed by atoms with Gasteiger partial charge in [-0.15, -0.1) is 23.1 Å². The van der Waals surface area contributed by atoms with Crippen molar-refractivity contribution in [3.05, 3.63) is 39.3 Å². The van der Waals surface area contributed by atoms with Crippen LogP contribution in [0.4, 0.5) is 5.69 Å². The second-order valence-corrected chi connectivity index (χ2v) is 5.77. The topological polar surface area (TPSA) is 38.9 Å². The third-order valence-electron chi connectivity index (χ3n) is 1.86. The van der Waals surface area contributed by atoms with Crippen molar-refractivity contribution < 1.29 is 0 Å². The van der Waals surface area contributed by atoms with Crippen LogP contribution in [0.2, 0.25) is 0 Å². The maximum atomic E-state index is 5.81. The van der Waals surface area contributed by atoms with E-state index in [0.717, 1.165) is 16.3 Å². The Morgan fingerprint density at radius 1 is 1.47 bits per heavy atom. The van der Waals surface area contributed by atoms with Crippen LogP contribution in [0.5, 0.6) is 0 Å². The van der Waals surface area contributed by atoms with Crippen LogP contribution in [-0.2, 0) is 5.75 Å². The van der Waals surface area contributed by atoms with Crippen molar-refractivity contribution in [2.24, 2.45) is 0 Å². The van der Waals surface area contributed by atoms with E-state index in [1.807, 2.05) is 6.07 Å². The lowest BCUT2D eigenvalue weighted by molar-refractivity contribution is 1.27. The third-order valence-corrected chi connectivity index (χ3v) is 5.08. The molecule has 0 aromatic carbocycles. The Balaban J connectivity index is 2.06. The van der Waals surface area contributed by atoms with Crippen LogP contribution in [-0.4, -0.2) is 4.98 Å². The SMILES string of the molecule is Nc1cnccc1SCc1sccc1Br. The first-order valence-electron chi connectivity index (χ1n) is 4.31. The minimum Gasteiger partial charge on any atom is -0.397 e. The van der Waals surface area contributed by atoms with E-state index in [2.05, 4.69) is 32.4 Å². The zero-order valence-electron chi connectivity index (χ0n) is 7.81. The number of halogens is 1. The maximum Gasteiger partial charge on any atom is 0.0638 e. The Morgan fingerprint density at radius 2 is 2.33 bits per heavy atom. The molecule has 0 saturated heterocycles. The predicted octanol–water partition coefficient (Wildman–Crippen LogP) is 3.78.